The fourth-order valence-corrected chi connectivity index (χ4v) is 2.12. The average molecular weight is 263 g/mol. The highest BCUT2D eigenvalue weighted by Gasteiger charge is 2.24. The summed E-state index contributed by atoms with van der Waals surface area (Å²) < 4.78 is 26.9. The standard InChI is InChI=1S/C15H15F2NO/c16-11-5-3-4-10(8-11)15(19)13(9-18)12-6-1-2-7-14(12)17/h1-8,13,15,19H,9,18H2. The Kier molecular flexibility index (Phi) is 4.24. The normalized spacial score (nSPS) is 14.1. The van der Waals surface area contributed by atoms with E-state index in [2.05, 4.69) is 0 Å². The molecule has 0 saturated heterocycles. The van der Waals surface area contributed by atoms with Crippen molar-refractivity contribution in [2.24, 2.45) is 5.73 Å². The van der Waals surface area contributed by atoms with Crippen LogP contribution in [0.1, 0.15) is 23.1 Å². The van der Waals surface area contributed by atoms with Crippen molar-refractivity contribution in [3.8, 4) is 0 Å². The van der Waals surface area contributed by atoms with Crippen molar-refractivity contribution >= 4 is 0 Å². The third kappa shape index (κ3) is 2.97. The van der Waals surface area contributed by atoms with E-state index in [-0.39, 0.29) is 6.54 Å². The van der Waals surface area contributed by atoms with Crippen LogP contribution in [0.3, 0.4) is 0 Å². The molecule has 2 nitrogen and oxygen atoms in total. The third-order valence-electron chi connectivity index (χ3n) is 3.13. The van der Waals surface area contributed by atoms with Gasteiger partial charge in [-0.15, -0.1) is 0 Å². The molecular weight excluding hydrogens is 248 g/mol. The minimum atomic E-state index is -1.04. The Morgan fingerprint density at radius 1 is 1.05 bits per heavy atom. The minimum Gasteiger partial charge on any atom is -0.388 e. The first-order valence-corrected chi connectivity index (χ1v) is 6.01. The number of hydrogen-bond acceptors (Lipinski definition) is 2. The van der Waals surface area contributed by atoms with E-state index in [9.17, 15) is 13.9 Å². The van der Waals surface area contributed by atoms with Crippen molar-refractivity contribution in [1.82, 2.24) is 0 Å². The van der Waals surface area contributed by atoms with Crippen LogP contribution in [-0.2, 0) is 0 Å². The molecule has 0 aliphatic carbocycles. The van der Waals surface area contributed by atoms with Gasteiger partial charge >= 0.3 is 0 Å². The molecule has 0 radical (unpaired) electrons. The van der Waals surface area contributed by atoms with E-state index in [1.165, 1.54) is 24.3 Å². The lowest BCUT2D eigenvalue weighted by Gasteiger charge is -2.22. The van der Waals surface area contributed by atoms with Crippen LogP contribution in [0.15, 0.2) is 48.5 Å². The highest BCUT2D eigenvalue weighted by atomic mass is 19.1. The predicted octanol–water partition coefficient (Wildman–Crippen LogP) is 2.74. The van der Waals surface area contributed by atoms with Crippen LogP contribution in [0.5, 0.6) is 0 Å². The molecule has 3 N–H and O–H groups in total. The highest BCUT2D eigenvalue weighted by molar-refractivity contribution is 5.28. The monoisotopic (exact) mass is 263 g/mol. The largest absolute Gasteiger partial charge is 0.388 e. The van der Waals surface area contributed by atoms with Crippen LogP contribution in [0.2, 0.25) is 0 Å². The van der Waals surface area contributed by atoms with Crippen LogP contribution in [-0.4, -0.2) is 11.7 Å². The zero-order valence-electron chi connectivity index (χ0n) is 10.3. The lowest BCUT2D eigenvalue weighted by Crippen LogP contribution is -2.21. The predicted molar refractivity (Wildman–Crippen MR) is 69.6 cm³/mol. The number of benzene rings is 2. The molecule has 2 rings (SSSR count). The molecule has 0 aliphatic heterocycles. The third-order valence-corrected chi connectivity index (χ3v) is 3.13. The first-order chi connectivity index (χ1) is 9.13. The van der Waals surface area contributed by atoms with Gasteiger partial charge in [0.25, 0.3) is 0 Å². The maximum atomic E-state index is 13.7. The van der Waals surface area contributed by atoms with Gasteiger partial charge in [-0.25, -0.2) is 8.78 Å². The maximum Gasteiger partial charge on any atom is 0.126 e. The van der Waals surface area contributed by atoms with Gasteiger partial charge in [0.2, 0.25) is 0 Å². The molecule has 0 spiro atoms. The number of aliphatic hydroxyl groups is 1. The van der Waals surface area contributed by atoms with Gasteiger partial charge in [-0.3, -0.25) is 0 Å². The van der Waals surface area contributed by atoms with E-state index in [0.29, 0.717) is 11.1 Å². The van der Waals surface area contributed by atoms with Gasteiger partial charge in [0.1, 0.15) is 11.6 Å². The van der Waals surface area contributed by atoms with Gasteiger partial charge in [0, 0.05) is 12.5 Å². The molecule has 2 aromatic carbocycles. The Morgan fingerprint density at radius 2 is 1.79 bits per heavy atom. The molecule has 0 saturated carbocycles. The summed E-state index contributed by atoms with van der Waals surface area (Å²) in [5, 5.41) is 10.3. The molecule has 0 aromatic heterocycles. The Balaban J connectivity index is 2.35. The molecular formula is C15H15F2NO. The van der Waals surface area contributed by atoms with Crippen molar-refractivity contribution < 1.29 is 13.9 Å². The molecule has 0 aliphatic rings. The maximum absolute atomic E-state index is 13.7. The smallest absolute Gasteiger partial charge is 0.126 e. The lowest BCUT2D eigenvalue weighted by atomic mass is 9.89. The molecule has 19 heavy (non-hydrogen) atoms. The molecule has 2 unspecified atom stereocenters. The molecule has 100 valence electrons. The van der Waals surface area contributed by atoms with E-state index in [1.54, 1.807) is 24.3 Å². The van der Waals surface area contributed by atoms with Crippen LogP contribution in [0, 0.1) is 11.6 Å². The van der Waals surface area contributed by atoms with E-state index >= 15 is 0 Å². The fourth-order valence-electron chi connectivity index (χ4n) is 2.12. The second-order valence-electron chi connectivity index (χ2n) is 4.36. The molecule has 0 heterocycles. The van der Waals surface area contributed by atoms with Crippen molar-refractivity contribution in [3.05, 3.63) is 71.3 Å². The van der Waals surface area contributed by atoms with Gasteiger partial charge in [-0.1, -0.05) is 30.3 Å². The van der Waals surface area contributed by atoms with Crippen molar-refractivity contribution in [2.75, 3.05) is 6.54 Å². The van der Waals surface area contributed by atoms with Crippen molar-refractivity contribution in [1.29, 1.82) is 0 Å². The zero-order valence-corrected chi connectivity index (χ0v) is 10.3. The van der Waals surface area contributed by atoms with Crippen LogP contribution < -0.4 is 5.73 Å². The van der Waals surface area contributed by atoms with Gasteiger partial charge in [0.15, 0.2) is 0 Å². The summed E-state index contributed by atoms with van der Waals surface area (Å²) in [4.78, 5) is 0. The highest BCUT2D eigenvalue weighted by Crippen LogP contribution is 2.31. The van der Waals surface area contributed by atoms with Crippen LogP contribution in [0.25, 0.3) is 0 Å². The van der Waals surface area contributed by atoms with Gasteiger partial charge < -0.3 is 10.8 Å². The molecule has 0 amide bonds. The Bertz CT molecular complexity index is 559. The first-order valence-electron chi connectivity index (χ1n) is 6.01. The summed E-state index contributed by atoms with van der Waals surface area (Å²) in [6.07, 6.45) is -1.04. The van der Waals surface area contributed by atoms with Gasteiger partial charge in [-0.2, -0.15) is 0 Å². The number of halogens is 2. The number of nitrogens with two attached hydrogens (primary N) is 1. The topological polar surface area (TPSA) is 46.2 Å². The Labute approximate surface area is 110 Å². The van der Waals surface area contributed by atoms with Crippen molar-refractivity contribution in [2.45, 2.75) is 12.0 Å². The fraction of sp³-hybridized carbons (Fsp3) is 0.200. The quantitative estimate of drug-likeness (QED) is 0.891. The lowest BCUT2D eigenvalue weighted by molar-refractivity contribution is 0.145. The van der Waals surface area contributed by atoms with E-state index in [0.717, 1.165) is 0 Å². The second kappa shape index (κ2) is 5.91. The molecule has 0 fully saturated rings. The van der Waals surface area contributed by atoms with E-state index in [1.807, 2.05) is 0 Å². The number of aliphatic hydroxyl groups excluding tert-OH is 1. The summed E-state index contributed by atoms with van der Waals surface area (Å²) in [6, 6.07) is 11.8. The first kappa shape index (κ1) is 13.6. The summed E-state index contributed by atoms with van der Waals surface area (Å²) in [5.41, 5.74) is 6.35. The van der Waals surface area contributed by atoms with Crippen molar-refractivity contribution in [3.63, 3.8) is 0 Å². The van der Waals surface area contributed by atoms with Crippen LogP contribution >= 0.6 is 0 Å². The van der Waals surface area contributed by atoms with Gasteiger partial charge in [0.05, 0.1) is 6.10 Å². The molecule has 0 bridgehead atoms. The Hall–Kier alpha value is -1.78. The van der Waals surface area contributed by atoms with Crippen LogP contribution in [0.4, 0.5) is 8.78 Å². The summed E-state index contributed by atoms with van der Waals surface area (Å²) in [5.74, 6) is -1.47. The average Bonchev–Trinajstić information content (AvgIpc) is 2.41. The Morgan fingerprint density at radius 3 is 2.42 bits per heavy atom. The van der Waals surface area contributed by atoms with E-state index < -0.39 is 23.7 Å². The SMILES string of the molecule is NCC(c1ccccc1F)C(O)c1cccc(F)c1. The molecule has 4 heteroatoms. The van der Waals surface area contributed by atoms with E-state index in [4.69, 9.17) is 5.73 Å². The summed E-state index contributed by atoms with van der Waals surface area (Å²) >= 11 is 0. The molecule has 2 aromatic rings. The zero-order chi connectivity index (χ0) is 13.8. The van der Waals surface area contributed by atoms with Gasteiger partial charge in [-0.05, 0) is 29.3 Å². The number of rotatable bonds is 4. The second-order valence-corrected chi connectivity index (χ2v) is 4.36. The number of hydrogen-bond donors (Lipinski definition) is 2. The molecule has 2 atom stereocenters. The summed E-state index contributed by atoms with van der Waals surface area (Å²) in [6.45, 7) is 0.0681. The minimum absolute atomic E-state index is 0.0681. The summed E-state index contributed by atoms with van der Waals surface area (Å²) in [7, 11) is 0.